The summed E-state index contributed by atoms with van der Waals surface area (Å²) in [5, 5.41) is 9.84. The Morgan fingerprint density at radius 2 is 2.05 bits per heavy atom. The minimum atomic E-state index is -1.18. The van der Waals surface area contributed by atoms with Gasteiger partial charge in [0.25, 0.3) is 17.3 Å². The number of pyridine rings is 2. The molecule has 3 aromatic heterocycles. The van der Waals surface area contributed by atoms with Crippen LogP contribution >= 0.6 is 0 Å². The number of ether oxygens (including phenoxy) is 2. The van der Waals surface area contributed by atoms with Gasteiger partial charge in [-0.05, 0) is 24.3 Å². The van der Waals surface area contributed by atoms with Gasteiger partial charge in [-0.3, -0.25) is 9.36 Å². The van der Waals surface area contributed by atoms with Crippen LogP contribution in [0.1, 0.15) is 22.5 Å². The number of hydrogen-bond donors (Lipinski definition) is 1. The lowest BCUT2D eigenvalue weighted by Crippen LogP contribution is -2.44. The molecule has 5 heterocycles. The first-order valence-electron chi connectivity index (χ1n) is 12.9. The summed E-state index contributed by atoms with van der Waals surface area (Å²) in [6, 6.07) is 9.54. The van der Waals surface area contributed by atoms with Gasteiger partial charge in [-0.25, -0.2) is 23.6 Å². The van der Waals surface area contributed by atoms with Gasteiger partial charge in [0.05, 0.1) is 31.6 Å². The molecule has 1 fully saturated rings. The van der Waals surface area contributed by atoms with Crippen LogP contribution in [-0.4, -0.2) is 49.9 Å². The summed E-state index contributed by atoms with van der Waals surface area (Å²) in [5.74, 6) is -2.79. The van der Waals surface area contributed by atoms with Crippen LogP contribution in [0, 0.1) is 18.2 Å². The molecule has 0 saturated carbocycles. The molecule has 1 N–H and O–H groups in total. The number of aromatic carboxylic acids is 1. The van der Waals surface area contributed by atoms with Gasteiger partial charge in [0.15, 0.2) is 11.5 Å². The second kappa shape index (κ2) is 11.3. The van der Waals surface area contributed by atoms with Gasteiger partial charge in [-0.1, -0.05) is 22.1 Å². The van der Waals surface area contributed by atoms with Gasteiger partial charge in [0.1, 0.15) is 12.4 Å². The number of carboxylic acid groups (broad SMARTS) is 1. The number of benzene rings is 1. The van der Waals surface area contributed by atoms with E-state index in [2.05, 4.69) is 24.8 Å². The fourth-order valence-electron chi connectivity index (χ4n) is 4.37. The van der Waals surface area contributed by atoms with Crippen molar-refractivity contribution in [3.8, 4) is 17.3 Å². The lowest BCUT2D eigenvalue weighted by molar-refractivity contribution is -0.0497. The third kappa shape index (κ3) is 5.61. The summed E-state index contributed by atoms with van der Waals surface area (Å²) >= 11 is 0. The molecule has 1 atom stereocenters. The summed E-state index contributed by atoms with van der Waals surface area (Å²) in [4.78, 5) is 44.5. The molecule has 214 valence electrons. The second-order valence-corrected chi connectivity index (χ2v) is 9.52. The minimum Gasteiger partial charge on any atom is -0.475 e. The number of carboxylic acids is 1. The maximum atomic E-state index is 14.4. The van der Waals surface area contributed by atoms with Crippen LogP contribution in [0.3, 0.4) is 0 Å². The first-order valence-corrected chi connectivity index (χ1v) is 12.9. The van der Waals surface area contributed by atoms with Crippen LogP contribution in [-0.2, 0) is 11.3 Å². The molecule has 0 unspecified atom stereocenters. The van der Waals surface area contributed by atoms with Crippen molar-refractivity contribution in [2.45, 2.75) is 19.1 Å². The molecule has 0 amide bonds. The van der Waals surface area contributed by atoms with Crippen molar-refractivity contribution in [1.82, 2.24) is 24.1 Å². The first-order chi connectivity index (χ1) is 20.8. The molecule has 1 saturated heterocycles. The fraction of sp³-hybridized carbons (Fsp3) is 0.172. The Bertz CT molecular complexity index is 2050. The predicted octanol–water partition coefficient (Wildman–Crippen LogP) is 2.18. The number of carbonyl (C=O) groups is 1. The zero-order chi connectivity index (χ0) is 30.1. The maximum Gasteiger partial charge on any atom is 0.371 e. The monoisotopic (exact) mass is 584 g/mol. The Morgan fingerprint density at radius 3 is 2.74 bits per heavy atom. The molecule has 2 aliphatic heterocycles. The SMILES string of the molecule is [C-]#[N+]c1ccc(COc2nc(-c3ccn(C=C4N=c5ccc(C(=O)O)nc5=[N+]4C[C@@H]4CCO4)c(=O)c3)ncc2F)c(F)c1. The minimum absolute atomic E-state index is 0.00393. The number of fused-ring (bicyclic) bond motifs is 1. The highest BCUT2D eigenvalue weighted by Crippen LogP contribution is 2.22. The van der Waals surface area contributed by atoms with Crippen LogP contribution in [0.15, 0.2) is 70.5 Å². The van der Waals surface area contributed by atoms with Gasteiger partial charge in [-0.15, -0.1) is 0 Å². The van der Waals surface area contributed by atoms with Crippen molar-refractivity contribution in [1.29, 1.82) is 0 Å². The molecule has 0 radical (unpaired) electrons. The van der Waals surface area contributed by atoms with E-state index in [1.165, 1.54) is 41.2 Å². The summed E-state index contributed by atoms with van der Waals surface area (Å²) in [6.45, 7) is 7.60. The zero-order valence-corrected chi connectivity index (χ0v) is 22.1. The summed E-state index contributed by atoms with van der Waals surface area (Å²) < 4.78 is 42.5. The molecule has 43 heavy (non-hydrogen) atoms. The molecule has 2 aliphatic rings. The highest BCUT2D eigenvalue weighted by molar-refractivity contribution is 5.85. The highest BCUT2D eigenvalue weighted by Gasteiger charge is 2.29. The Labute approximate surface area is 241 Å². The van der Waals surface area contributed by atoms with E-state index in [9.17, 15) is 23.5 Å². The lowest BCUT2D eigenvalue weighted by Gasteiger charge is -2.25. The van der Waals surface area contributed by atoms with Gasteiger partial charge >= 0.3 is 11.5 Å². The summed E-state index contributed by atoms with van der Waals surface area (Å²) in [5.41, 5.74) is 0.235. The lowest BCUT2D eigenvalue weighted by atomic mass is 10.2. The van der Waals surface area contributed by atoms with Crippen molar-refractivity contribution >= 4 is 17.9 Å². The van der Waals surface area contributed by atoms with Gasteiger partial charge in [-0.2, -0.15) is 9.37 Å². The van der Waals surface area contributed by atoms with Crippen LogP contribution in [0.2, 0.25) is 0 Å². The standard InChI is InChI=1S/C29H19F2N7O5/c1-32-18-3-2-17(20(30)11-18)15-43-28-21(31)12-33-26(36-28)16-6-8-37(25(39)10-16)14-24-34-22-4-5-23(29(40)41)35-27(22)38(24)13-19-7-9-42-19/h2-6,8,10-12,14,19H,7,9,13,15H2/p+1/t19-/m0/s1. The van der Waals surface area contributed by atoms with Crippen molar-refractivity contribution in [3.63, 3.8) is 0 Å². The molecular formula is C29H20F2N7O5+. The Balaban J connectivity index is 1.28. The third-order valence-electron chi connectivity index (χ3n) is 6.72. The molecule has 4 aromatic rings. The Hall–Kier alpha value is -5.68. The average molecular weight is 585 g/mol. The van der Waals surface area contributed by atoms with Crippen molar-refractivity contribution in [2.24, 2.45) is 4.99 Å². The van der Waals surface area contributed by atoms with E-state index in [1.807, 2.05) is 0 Å². The quantitative estimate of drug-likeness (QED) is 0.246. The first kappa shape index (κ1) is 27.5. The Kier molecular flexibility index (Phi) is 7.22. The largest absolute Gasteiger partial charge is 0.475 e. The van der Waals surface area contributed by atoms with Crippen molar-refractivity contribution in [3.05, 3.63) is 116 Å². The average Bonchev–Trinajstić information content (AvgIpc) is 3.31. The van der Waals surface area contributed by atoms with Gasteiger partial charge < -0.3 is 14.6 Å². The molecule has 14 heteroatoms. The van der Waals surface area contributed by atoms with E-state index < -0.39 is 29.0 Å². The molecule has 1 aromatic carbocycles. The zero-order valence-electron chi connectivity index (χ0n) is 22.1. The number of halogens is 2. The van der Waals surface area contributed by atoms with Crippen LogP contribution < -0.4 is 25.7 Å². The molecule has 6 rings (SSSR count). The van der Waals surface area contributed by atoms with Crippen molar-refractivity contribution < 1.29 is 28.2 Å². The van der Waals surface area contributed by atoms with Gasteiger partial charge in [0, 0.05) is 36.4 Å². The number of nitrogens with zero attached hydrogens (tertiary/aromatic N) is 7. The number of hydrogen-bond acceptors (Lipinski definition) is 8. The van der Waals surface area contributed by atoms with E-state index in [1.54, 1.807) is 16.7 Å². The molecule has 12 nitrogen and oxygen atoms in total. The molecule has 0 spiro atoms. The normalized spacial score (nSPS) is 16.3. The number of rotatable bonds is 8. The molecular weight excluding hydrogens is 564 g/mol. The summed E-state index contributed by atoms with van der Waals surface area (Å²) in [7, 11) is 0. The van der Waals surface area contributed by atoms with Gasteiger partial charge in [0.2, 0.25) is 16.9 Å². The maximum absolute atomic E-state index is 14.4. The van der Waals surface area contributed by atoms with Crippen LogP contribution in [0.5, 0.6) is 5.88 Å². The Morgan fingerprint density at radius 1 is 1.21 bits per heavy atom. The summed E-state index contributed by atoms with van der Waals surface area (Å²) in [6.07, 6.45) is 4.55. The van der Waals surface area contributed by atoms with E-state index in [0.29, 0.717) is 29.8 Å². The fourth-order valence-corrected chi connectivity index (χ4v) is 4.37. The number of aromatic nitrogens is 4. The van der Waals surface area contributed by atoms with E-state index in [0.717, 1.165) is 18.7 Å². The smallest absolute Gasteiger partial charge is 0.371 e. The third-order valence-corrected chi connectivity index (χ3v) is 6.72. The van der Waals surface area contributed by atoms with E-state index >= 15 is 0 Å². The molecule has 0 bridgehead atoms. The predicted molar refractivity (Wildman–Crippen MR) is 145 cm³/mol. The van der Waals surface area contributed by atoms with E-state index in [4.69, 9.17) is 16.0 Å². The molecule has 0 aliphatic carbocycles. The van der Waals surface area contributed by atoms with Crippen LogP contribution in [0.4, 0.5) is 14.5 Å². The second-order valence-electron chi connectivity index (χ2n) is 9.52. The van der Waals surface area contributed by atoms with Crippen LogP contribution in [0.25, 0.3) is 22.4 Å². The highest BCUT2D eigenvalue weighted by atomic mass is 19.1. The van der Waals surface area contributed by atoms with E-state index in [-0.39, 0.29) is 41.0 Å². The topological polar surface area (TPSA) is 136 Å². The van der Waals surface area contributed by atoms with Crippen molar-refractivity contribution in [2.75, 3.05) is 13.2 Å².